The molecule has 0 amide bonds. The number of methoxy groups -OCH3 is 1. The number of ether oxygens (including phenoxy) is 1. The van der Waals surface area contributed by atoms with E-state index in [1.54, 1.807) is 18.9 Å². The maximum Gasteiger partial charge on any atom is 0.308 e. The van der Waals surface area contributed by atoms with Gasteiger partial charge < -0.3 is 14.7 Å². The van der Waals surface area contributed by atoms with Crippen molar-refractivity contribution in [1.29, 1.82) is 0 Å². The molecule has 1 aliphatic rings. The largest absolute Gasteiger partial charge is 0.497 e. The highest BCUT2D eigenvalue weighted by molar-refractivity contribution is 7.99. The molecule has 0 bridgehead atoms. The van der Waals surface area contributed by atoms with Crippen molar-refractivity contribution in [2.45, 2.75) is 30.6 Å². The van der Waals surface area contributed by atoms with Crippen LogP contribution in [0.2, 0.25) is 5.02 Å². The molecule has 180 valence electrons. The monoisotopic (exact) mass is 498 g/mol. The zero-order valence-corrected chi connectivity index (χ0v) is 21.0. The van der Waals surface area contributed by atoms with E-state index in [0.717, 1.165) is 71.1 Å². The third kappa shape index (κ3) is 6.23. The first kappa shape index (κ1) is 24.8. The molecule has 1 fully saturated rings. The molecule has 2 aromatic carbocycles. The molecule has 0 radical (unpaired) electrons. The number of aromatic nitrogens is 1. The number of hydrogen-bond acceptors (Lipinski definition) is 5. The lowest BCUT2D eigenvalue weighted by atomic mass is 9.81. The Morgan fingerprint density at radius 2 is 2.12 bits per heavy atom. The first-order valence-electron chi connectivity index (χ1n) is 11.8. The first-order valence-corrected chi connectivity index (χ1v) is 13.2. The second kappa shape index (κ2) is 11.9. The van der Waals surface area contributed by atoms with E-state index in [9.17, 15) is 9.90 Å². The standard InChI is InChI=1S/C27H31ClN2O3S/c1-33-21-9-10-25-22(17-21)19(11-13-29-25)5-4-6-20-12-14-30(18-23(20)27(31)32)15-16-34-26-8-3-2-7-24(26)28/h2-3,7-11,13,17,20,23H,4-6,12,14-16,18H2,1H3,(H,31,32)/t20-,23+/m1/s1. The molecule has 0 saturated carbocycles. The highest BCUT2D eigenvalue weighted by Gasteiger charge is 2.33. The fourth-order valence-corrected chi connectivity index (χ4v) is 6.07. The van der Waals surface area contributed by atoms with Crippen LogP contribution in [0.1, 0.15) is 24.8 Å². The predicted octanol–water partition coefficient (Wildman–Crippen LogP) is 6.03. The third-order valence-electron chi connectivity index (χ3n) is 6.72. The van der Waals surface area contributed by atoms with Gasteiger partial charge in [-0.25, -0.2) is 0 Å². The van der Waals surface area contributed by atoms with Crippen LogP contribution >= 0.6 is 23.4 Å². The maximum atomic E-state index is 12.1. The summed E-state index contributed by atoms with van der Waals surface area (Å²) in [6, 6.07) is 15.9. The summed E-state index contributed by atoms with van der Waals surface area (Å²) in [5, 5.41) is 11.8. The van der Waals surface area contributed by atoms with Crippen molar-refractivity contribution in [2.75, 3.05) is 32.5 Å². The molecule has 0 unspecified atom stereocenters. The molecule has 2 heterocycles. The average molecular weight is 499 g/mol. The summed E-state index contributed by atoms with van der Waals surface area (Å²) in [4.78, 5) is 19.9. The Kier molecular flexibility index (Phi) is 8.70. The minimum absolute atomic E-state index is 0.215. The highest BCUT2D eigenvalue weighted by atomic mass is 35.5. The van der Waals surface area contributed by atoms with Gasteiger partial charge in [-0.15, -0.1) is 11.8 Å². The summed E-state index contributed by atoms with van der Waals surface area (Å²) < 4.78 is 5.38. The van der Waals surface area contributed by atoms with E-state index in [2.05, 4.69) is 16.0 Å². The van der Waals surface area contributed by atoms with Gasteiger partial charge in [-0.05, 0) is 80.1 Å². The van der Waals surface area contributed by atoms with Gasteiger partial charge >= 0.3 is 5.97 Å². The van der Waals surface area contributed by atoms with E-state index in [0.29, 0.717) is 6.54 Å². The second-order valence-electron chi connectivity index (χ2n) is 8.82. The number of likely N-dealkylation sites (tertiary alicyclic amines) is 1. The number of pyridine rings is 1. The quantitative estimate of drug-likeness (QED) is 0.344. The van der Waals surface area contributed by atoms with Gasteiger partial charge in [0.25, 0.3) is 0 Å². The summed E-state index contributed by atoms with van der Waals surface area (Å²) in [7, 11) is 1.67. The van der Waals surface area contributed by atoms with Crippen LogP contribution in [0.4, 0.5) is 0 Å². The molecule has 5 nitrogen and oxygen atoms in total. The lowest BCUT2D eigenvalue weighted by Gasteiger charge is -2.36. The van der Waals surface area contributed by atoms with Crippen molar-refractivity contribution in [3.8, 4) is 5.75 Å². The van der Waals surface area contributed by atoms with Gasteiger partial charge in [-0.2, -0.15) is 0 Å². The molecule has 1 aliphatic heterocycles. The number of benzene rings is 2. The number of aryl methyl sites for hydroxylation is 1. The van der Waals surface area contributed by atoms with E-state index in [4.69, 9.17) is 16.3 Å². The lowest BCUT2D eigenvalue weighted by molar-refractivity contribution is -0.146. The van der Waals surface area contributed by atoms with Crippen LogP contribution in [0, 0.1) is 11.8 Å². The third-order valence-corrected chi connectivity index (χ3v) is 8.21. The number of hydrogen-bond donors (Lipinski definition) is 1. The normalized spacial score (nSPS) is 18.8. The number of carboxylic acids is 1. The van der Waals surface area contributed by atoms with Gasteiger partial charge in [0, 0.05) is 35.3 Å². The number of piperidine rings is 1. The number of halogens is 1. The molecule has 1 N–H and O–H groups in total. The Morgan fingerprint density at radius 3 is 2.91 bits per heavy atom. The molecular formula is C27H31ClN2O3S. The minimum Gasteiger partial charge on any atom is -0.497 e. The van der Waals surface area contributed by atoms with E-state index in [-0.39, 0.29) is 11.8 Å². The molecule has 0 spiro atoms. The molecule has 1 aromatic heterocycles. The minimum atomic E-state index is -0.674. The van der Waals surface area contributed by atoms with Crippen molar-refractivity contribution >= 4 is 40.2 Å². The smallest absolute Gasteiger partial charge is 0.308 e. The Balaban J connectivity index is 1.30. The molecular weight excluding hydrogens is 468 g/mol. The van der Waals surface area contributed by atoms with Gasteiger partial charge in [-0.1, -0.05) is 23.7 Å². The number of carboxylic acid groups (broad SMARTS) is 1. The van der Waals surface area contributed by atoms with Crippen LogP contribution < -0.4 is 4.74 Å². The van der Waals surface area contributed by atoms with Crippen LogP contribution in [0.25, 0.3) is 10.9 Å². The zero-order chi connectivity index (χ0) is 23.9. The number of nitrogens with zero attached hydrogens (tertiary/aromatic N) is 2. The van der Waals surface area contributed by atoms with E-state index in [1.165, 1.54) is 5.56 Å². The summed E-state index contributed by atoms with van der Waals surface area (Å²) >= 11 is 7.98. The van der Waals surface area contributed by atoms with E-state index in [1.807, 2.05) is 48.7 Å². The van der Waals surface area contributed by atoms with Crippen molar-refractivity contribution in [3.63, 3.8) is 0 Å². The van der Waals surface area contributed by atoms with Crippen molar-refractivity contribution < 1.29 is 14.6 Å². The van der Waals surface area contributed by atoms with Gasteiger partial charge in [0.2, 0.25) is 0 Å². The van der Waals surface area contributed by atoms with Crippen LogP contribution in [-0.2, 0) is 11.2 Å². The molecule has 3 aromatic rings. The fraction of sp³-hybridized carbons (Fsp3) is 0.407. The van der Waals surface area contributed by atoms with Gasteiger partial charge in [-0.3, -0.25) is 9.78 Å². The van der Waals surface area contributed by atoms with Crippen LogP contribution in [0.3, 0.4) is 0 Å². The van der Waals surface area contributed by atoms with Crippen molar-refractivity contribution in [1.82, 2.24) is 9.88 Å². The molecule has 1 saturated heterocycles. The number of fused-ring (bicyclic) bond motifs is 1. The van der Waals surface area contributed by atoms with E-state index < -0.39 is 5.97 Å². The van der Waals surface area contributed by atoms with Crippen LogP contribution in [0.5, 0.6) is 5.75 Å². The lowest BCUT2D eigenvalue weighted by Crippen LogP contribution is -2.44. The fourth-order valence-electron chi connectivity index (χ4n) is 4.82. The number of thioether (sulfide) groups is 1. The predicted molar refractivity (Wildman–Crippen MR) is 139 cm³/mol. The SMILES string of the molecule is COc1ccc2nccc(CCC[C@@H]3CCN(CCSc4ccccc4Cl)C[C@@H]3C(=O)O)c2c1. The second-order valence-corrected chi connectivity index (χ2v) is 10.4. The molecule has 34 heavy (non-hydrogen) atoms. The van der Waals surface area contributed by atoms with Gasteiger partial charge in [0.1, 0.15) is 5.75 Å². The summed E-state index contributed by atoms with van der Waals surface area (Å²) in [5.74, 6) is 0.959. The Hall–Kier alpha value is -2.28. The number of rotatable bonds is 10. The summed E-state index contributed by atoms with van der Waals surface area (Å²) in [6.07, 6.45) is 5.58. The summed E-state index contributed by atoms with van der Waals surface area (Å²) in [5.41, 5.74) is 2.20. The van der Waals surface area contributed by atoms with E-state index >= 15 is 0 Å². The molecule has 4 rings (SSSR count). The van der Waals surface area contributed by atoms with Gasteiger partial charge in [0.05, 0.1) is 23.6 Å². The highest BCUT2D eigenvalue weighted by Crippen LogP contribution is 2.31. The Bertz CT molecular complexity index is 1130. The van der Waals surface area contributed by atoms with Crippen LogP contribution in [-0.4, -0.2) is 53.5 Å². The zero-order valence-electron chi connectivity index (χ0n) is 19.5. The number of aliphatic carboxylic acids is 1. The molecule has 2 atom stereocenters. The average Bonchev–Trinajstić information content (AvgIpc) is 2.85. The molecule has 7 heteroatoms. The first-order chi connectivity index (χ1) is 16.5. The summed E-state index contributed by atoms with van der Waals surface area (Å²) in [6.45, 7) is 2.45. The van der Waals surface area contributed by atoms with Gasteiger partial charge in [0.15, 0.2) is 0 Å². The maximum absolute atomic E-state index is 12.1. The van der Waals surface area contributed by atoms with Crippen LogP contribution in [0.15, 0.2) is 59.6 Å². The van der Waals surface area contributed by atoms with Crippen molar-refractivity contribution in [3.05, 3.63) is 65.3 Å². The Labute approximate surface area is 210 Å². The topological polar surface area (TPSA) is 62.7 Å². The molecule has 0 aliphatic carbocycles. The number of carbonyl (C=O) groups is 1. The Morgan fingerprint density at radius 1 is 1.26 bits per heavy atom. The van der Waals surface area contributed by atoms with Crippen molar-refractivity contribution in [2.24, 2.45) is 11.8 Å².